The second-order valence-corrected chi connectivity index (χ2v) is 5.87. The Balaban J connectivity index is 1.99. The van der Waals surface area contributed by atoms with Crippen LogP contribution >= 0.6 is 0 Å². The molecule has 0 aliphatic heterocycles. The van der Waals surface area contributed by atoms with E-state index in [0.29, 0.717) is 11.8 Å². The molecule has 1 aliphatic carbocycles. The molecule has 2 unspecified atom stereocenters. The third-order valence-corrected chi connectivity index (χ3v) is 3.77. The number of carbonyl (C=O) groups excluding carboxylic acids is 1. The van der Waals surface area contributed by atoms with E-state index in [0.717, 1.165) is 26.1 Å². The molecule has 2 rings (SSSR count). The maximum atomic E-state index is 12.4. The van der Waals surface area contributed by atoms with E-state index >= 15 is 0 Å². The topological polar surface area (TPSA) is 23.6 Å². The predicted octanol–water partition coefficient (Wildman–Crippen LogP) is 2.23. The van der Waals surface area contributed by atoms with Gasteiger partial charge in [-0.15, -0.1) is 0 Å². The summed E-state index contributed by atoms with van der Waals surface area (Å²) in [5, 5.41) is 0. The van der Waals surface area contributed by atoms with Crippen molar-refractivity contribution in [2.24, 2.45) is 11.8 Å². The zero-order valence-electron chi connectivity index (χ0n) is 12.2. The minimum Gasteiger partial charge on any atom is -0.337 e. The lowest BCUT2D eigenvalue weighted by Crippen LogP contribution is -2.37. The number of amides is 1. The Bertz CT molecular complexity index is 416. The fourth-order valence-electron chi connectivity index (χ4n) is 2.29. The number of carbonyl (C=O) groups is 1. The molecule has 104 valence electrons. The quantitative estimate of drug-likeness (QED) is 0.783. The molecule has 3 heteroatoms. The average molecular weight is 260 g/mol. The van der Waals surface area contributed by atoms with E-state index in [4.69, 9.17) is 0 Å². The minimum atomic E-state index is 0.269. The molecular weight excluding hydrogens is 236 g/mol. The van der Waals surface area contributed by atoms with Crippen molar-refractivity contribution < 1.29 is 4.79 Å². The summed E-state index contributed by atoms with van der Waals surface area (Å²) >= 11 is 0. The van der Waals surface area contributed by atoms with Crippen LogP contribution in [0.3, 0.4) is 0 Å². The second kappa shape index (κ2) is 6.20. The van der Waals surface area contributed by atoms with Crippen LogP contribution in [0, 0.1) is 11.8 Å². The molecule has 0 spiro atoms. The van der Waals surface area contributed by atoms with Gasteiger partial charge in [-0.2, -0.15) is 0 Å². The molecule has 1 amide bonds. The summed E-state index contributed by atoms with van der Waals surface area (Å²) in [4.78, 5) is 16.6. The Morgan fingerprint density at radius 3 is 2.37 bits per heavy atom. The van der Waals surface area contributed by atoms with E-state index in [1.165, 1.54) is 5.56 Å². The zero-order valence-corrected chi connectivity index (χ0v) is 12.2. The molecular formula is C16H24N2O. The molecule has 1 aromatic carbocycles. The summed E-state index contributed by atoms with van der Waals surface area (Å²) in [6, 6.07) is 10.3. The van der Waals surface area contributed by atoms with Crippen molar-refractivity contribution in [3.63, 3.8) is 0 Å². The maximum Gasteiger partial charge on any atom is 0.226 e. The van der Waals surface area contributed by atoms with Gasteiger partial charge in [0.15, 0.2) is 0 Å². The van der Waals surface area contributed by atoms with Crippen LogP contribution in [-0.2, 0) is 11.3 Å². The van der Waals surface area contributed by atoms with Gasteiger partial charge in [0.05, 0.1) is 0 Å². The lowest BCUT2D eigenvalue weighted by molar-refractivity contribution is -0.133. The third-order valence-electron chi connectivity index (χ3n) is 3.77. The van der Waals surface area contributed by atoms with Crippen LogP contribution in [-0.4, -0.2) is 42.9 Å². The first-order valence-electron chi connectivity index (χ1n) is 7.05. The molecule has 19 heavy (non-hydrogen) atoms. The van der Waals surface area contributed by atoms with Gasteiger partial charge >= 0.3 is 0 Å². The molecule has 1 aromatic rings. The van der Waals surface area contributed by atoms with Crippen molar-refractivity contribution in [1.82, 2.24) is 9.80 Å². The largest absolute Gasteiger partial charge is 0.337 e. The van der Waals surface area contributed by atoms with Crippen LogP contribution in [0.15, 0.2) is 30.3 Å². The lowest BCUT2D eigenvalue weighted by atomic mass is 10.2. The summed E-state index contributed by atoms with van der Waals surface area (Å²) in [6.45, 7) is 4.62. The van der Waals surface area contributed by atoms with Crippen LogP contribution < -0.4 is 0 Å². The fourth-order valence-corrected chi connectivity index (χ4v) is 2.29. The molecule has 0 bridgehead atoms. The highest BCUT2D eigenvalue weighted by Crippen LogP contribution is 2.39. The van der Waals surface area contributed by atoms with Crippen molar-refractivity contribution in [2.45, 2.75) is 19.9 Å². The molecule has 0 heterocycles. The Kier molecular flexibility index (Phi) is 4.59. The Hall–Kier alpha value is -1.35. The Morgan fingerprint density at radius 2 is 1.84 bits per heavy atom. The molecule has 1 aliphatic rings. The monoisotopic (exact) mass is 260 g/mol. The van der Waals surface area contributed by atoms with E-state index in [2.05, 4.69) is 24.0 Å². The first-order chi connectivity index (χ1) is 9.08. The normalized spacial score (nSPS) is 21.5. The second-order valence-electron chi connectivity index (χ2n) is 5.87. The van der Waals surface area contributed by atoms with Crippen molar-refractivity contribution in [3.8, 4) is 0 Å². The summed E-state index contributed by atoms with van der Waals surface area (Å²) in [5.74, 6) is 1.18. The highest BCUT2D eigenvalue weighted by Gasteiger charge is 2.41. The van der Waals surface area contributed by atoms with Crippen molar-refractivity contribution in [2.75, 3.05) is 27.2 Å². The molecule has 1 fully saturated rings. The summed E-state index contributed by atoms with van der Waals surface area (Å²) in [5.41, 5.74) is 1.21. The Morgan fingerprint density at radius 1 is 1.21 bits per heavy atom. The zero-order chi connectivity index (χ0) is 13.8. The van der Waals surface area contributed by atoms with Gasteiger partial charge < -0.3 is 9.80 Å². The highest BCUT2D eigenvalue weighted by molar-refractivity contribution is 5.81. The minimum absolute atomic E-state index is 0.269. The standard InChI is InChI=1S/C16H24N2O/c1-13-11-15(13)16(19)18(10-9-17(2)3)12-14-7-5-4-6-8-14/h4-8,13,15H,9-12H2,1-3H3. The summed E-state index contributed by atoms with van der Waals surface area (Å²) < 4.78 is 0. The summed E-state index contributed by atoms with van der Waals surface area (Å²) in [6.07, 6.45) is 1.06. The number of hydrogen-bond donors (Lipinski definition) is 0. The maximum absolute atomic E-state index is 12.4. The number of hydrogen-bond acceptors (Lipinski definition) is 2. The molecule has 0 aromatic heterocycles. The molecule has 2 atom stereocenters. The van der Waals surface area contributed by atoms with Gasteiger partial charge in [-0.3, -0.25) is 4.79 Å². The van der Waals surface area contributed by atoms with Crippen LogP contribution in [0.5, 0.6) is 0 Å². The number of rotatable bonds is 6. The number of nitrogens with zero attached hydrogens (tertiary/aromatic N) is 2. The molecule has 3 nitrogen and oxygen atoms in total. The van der Waals surface area contributed by atoms with Gasteiger partial charge in [-0.1, -0.05) is 37.3 Å². The fraction of sp³-hybridized carbons (Fsp3) is 0.562. The van der Waals surface area contributed by atoms with Crippen molar-refractivity contribution >= 4 is 5.91 Å². The van der Waals surface area contributed by atoms with Gasteiger partial charge in [0.1, 0.15) is 0 Å². The van der Waals surface area contributed by atoms with E-state index in [1.807, 2.05) is 37.2 Å². The van der Waals surface area contributed by atoms with E-state index < -0.39 is 0 Å². The van der Waals surface area contributed by atoms with E-state index in [-0.39, 0.29) is 5.92 Å². The van der Waals surface area contributed by atoms with Gasteiger partial charge in [0.2, 0.25) is 5.91 Å². The first kappa shape index (κ1) is 14.1. The van der Waals surface area contributed by atoms with Gasteiger partial charge in [-0.25, -0.2) is 0 Å². The molecule has 0 saturated heterocycles. The van der Waals surface area contributed by atoms with Gasteiger partial charge in [0.25, 0.3) is 0 Å². The van der Waals surface area contributed by atoms with Crippen LogP contribution in [0.1, 0.15) is 18.9 Å². The van der Waals surface area contributed by atoms with E-state index in [1.54, 1.807) is 0 Å². The number of benzene rings is 1. The van der Waals surface area contributed by atoms with Crippen molar-refractivity contribution in [1.29, 1.82) is 0 Å². The third kappa shape index (κ3) is 4.06. The van der Waals surface area contributed by atoms with Crippen LogP contribution in [0.2, 0.25) is 0 Å². The first-order valence-corrected chi connectivity index (χ1v) is 7.05. The Labute approximate surface area is 116 Å². The predicted molar refractivity (Wildman–Crippen MR) is 77.7 cm³/mol. The molecule has 0 N–H and O–H groups in total. The molecule has 0 radical (unpaired) electrons. The number of likely N-dealkylation sites (N-methyl/N-ethyl adjacent to an activating group) is 1. The highest BCUT2D eigenvalue weighted by atomic mass is 16.2. The van der Waals surface area contributed by atoms with Gasteiger partial charge in [0, 0.05) is 25.6 Å². The molecule has 1 saturated carbocycles. The SMILES string of the molecule is CC1CC1C(=O)N(CCN(C)C)Cc1ccccc1. The van der Waals surface area contributed by atoms with E-state index in [9.17, 15) is 4.79 Å². The average Bonchev–Trinajstić information content (AvgIpc) is 3.12. The van der Waals surface area contributed by atoms with Gasteiger partial charge in [-0.05, 0) is 32.0 Å². The van der Waals surface area contributed by atoms with Crippen LogP contribution in [0.25, 0.3) is 0 Å². The summed E-state index contributed by atoms with van der Waals surface area (Å²) in [7, 11) is 4.09. The van der Waals surface area contributed by atoms with Crippen molar-refractivity contribution in [3.05, 3.63) is 35.9 Å². The lowest BCUT2D eigenvalue weighted by Gasteiger charge is -2.25. The van der Waals surface area contributed by atoms with Crippen LogP contribution in [0.4, 0.5) is 0 Å². The smallest absolute Gasteiger partial charge is 0.226 e.